The third-order valence-corrected chi connectivity index (χ3v) is 5.81. The number of rotatable bonds is 2. The molecule has 0 aromatic rings. The van der Waals surface area contributed by atoms with Crippen LogP contribution in [0, 0.1) is 11.3 Å². The molecule has 0 spiro atoms. The standard InChI is InChI=1S/C17H28O4/c1-11-6-7-14(21-12(2)18)16(5)9-8-13(15(3,4)19)10-17(11,16)20/h13-14,19-20H,1,6-10H2,2-5H3/t13-,14-,16+,17-/m1/s1. The van der Waals surface area contributed by atoms with Crippen molar-refractivity contribution in [2.75, 3.05) is 0 Å². The molecule has 2 rings (SSSR count). The van der Waals surface area contributed by atoms with E-state index in [1.807, 2.05) is 6.92 Å². The lowest BCUT2D eigenvalue weighted by atomic mass is 9.51. The van der Waals surface area contributed by atoms with Crippen LogP contribution in [0.4, 0.5) is 0 Å². The molecular weight excluding hydrogens is 268 g/mol. The smallest absolute Gasteiger partial charge is 0.302 e. The van der Waals surface area contributed by atoms with Crippen molar-refractivity contribution in [3.63, 3.8) is 0 Å². The van der Waals surface area contributed by atoms with Crippen molar-refractivity contribution in [3.05, 3.63) is 12.2 Å². The molecule has 4 atom stereocenters. The summed E-state index contributed by atoms with van der Waals surface area (Å²) in [5.74, 6) is -0.288. The van der Waals surface area contributed by atoms with Crippen LogP contribution in [-0.2, 0) is 9.53 Å². The van der Waals surface area contributed by atoms with Crippen molar-refractivity contribution in [2.24, 2.45) is 11.3 Å². The van der Waals surface area contributed by atoms with Gasteiger partial charge in [0.2, 0.25) is 0 Å². The summed E-state index contributed by atoms with van der Waals surface area (Å²) in [5, 5.41) is 21.6. The normalized spacial score (nSPS) is 40.6. The average molecular weight is 296 g/mol. The number of hydrogen-bond donors (Lipinski definition) is 2. The fourth-order valence-corrected chi connectivity index (χ4v) is 4.17. The van der Waals surface area contributed by atoms with Gasteiger partial charge in [0.1, 0.15) is 6.10 Å². The van der Waals surface area contributed by atoms with E-state index in [9.17, 15) is 15.0 Å². The van der Waals surface area contributed by atoms with E-state index in [-0.39, 0.29) is 18.0 Å². The highest BCUT2D eigenvalue weighted by atomic mass is 16.5. The quantitative estimate of drug-likeness (QED) is 0.607. The molecule has 0 unspecified atom stereocenters. The molecule has 0 aromatic carbocycles. The van der Waals surface area contributed by atoms with Crippen LogP contribution in [0.3, 0.4) is 0 Å². The maximum Gasteiger partial charge on any atom is 0.302 e. The van der Waals surface area contributed by atoms with Gasteiger partial charge in [0.15, 0.2) is 0 Å². The first-order valence-corrected chi connectivity index (χ1v) is 7.81. The summed E-state index contributed by atoms with van der Waals surface area (Å²) in [4.78, 5) is 11.4. The molecule has 2 N–H and O–H groups in total. The largest absolute Gasteiger partial charge is 0.462 e. The van der Waals surface area contributed by atoms with Crippen LogP contribution >= 0.6 is 0 Å². The first kappa shape index (κ1) is 16.5. The second-order valence-electron chi connectivity index (χ2n) is 7.61. The molecule has 0 aliphatic heterocycles. The molecule has 4 nitrogen and oxygen atoms in total. The maximum absolute atomic E-state index is 11.4. The molecule has 0 aromatic heterocycles. The maximum atomic E-state index is 11.4. The lowest BCUT2D eigenvalue weighted by molar-refractivity contribution is -0.200. The number of carbonyl (C=O) groups is 1. The fourth-order valence-electron chi connectivity index (χ4n) is 4.17. The Morgan fingerprint density at radius 3 is 2.57 bits per heavy atom. The topological polar surface area (TPSA) is 66.8 Å². The average Bonchev–Trinajstić information content (AvgIpc) is 2.34. The van der Waals surface area contributed by atoms with Gasteiger partial charge >= 0.3 is 5.97 Å². The minimum atomic E-state index is -1.08. The summed E-state index contributed by atoms with van der Waals surface area (Å²) >= 11 is 0. The van der Waals surface area contributed by atoms with Crippen molar-refractivity contribution in [3.8, 4) is 0 Å². The van der Waals surface area contributed by atoms with Crippen molar-refractivity contribution in [1.82, 2.24) is 0 Å². The molecule has 0 radical (unpaired) electrons. The van der Waals surface area contributed by atoms with E-state index in [0.717, 1.165) is 18.4 Å². The summed E-state index contributed by atoms with van der Waals surface area (Å²) in [7, 11) is 0. The van der Waals surface area contributed by atoms with Crippen molar-refractivity contribution >= 4 is 5.97 Å². The van der Waals surface area contributed by atoms with Crippen molar-refractivity contribution < 1.29 is 19.7 Å². The first-order chi connectivity index (χ1) is 9.50. The summed E-state index contributed by atoms with van der Waals surface area (Å²) in [6, 6.07) is 0. The SMILES string of the molecule is C=C1CC[C@@H](OC(C)=O)[C@]2(C)CC[C@@H](C(C)(C)O)C[C@@]12O. The Hall–Kier alpha value is -0.870. The number of ether oxygens (including phenoxy) is 1. The molecular formula is C17H28O4. The van der Waals surface area contributed by atoms with Crippen LogP contribution in [-0.4, -0.2) is 33.5 Å². The first-order valence-electron chi connectivity index (χ1n) is 7.81. The summed E-state index contributed by atoms with van der Waals surface area (Å²) in [6.07, 6.45) is 3.09. The van der Waals surface area contributed by atoms with Gasteiger partial charge in [0.25, 0.3) is 0 Å². The molecule has 2 saturated carbocycles. The lowest BCUT2D eigenvalue weighted by Crippen LogP contribution is -2.62. The van der Waals surface area contributed by atoms with E-state index < -0.39 is 16.6 Å². The minimum Gasteiger partial charge on any atom is -0.462 e. The summed E-state index contributed by atoms with van der Waals surface area (Å²) in [5.41, 5.74) is -1.61. The number of carbonyl (C=O) groups excluding carboxylic acids is 1. The molecule has 2 aliphatic carbocycles. The van der Waals surface area contributed by atoms with E-state index in [1.54, 1.807) is 13.8 Å². The van der Waals surface area contributed by atoms with Crippen LogP contribution < -0.4 is 0 Å². The number of fused-ring (bicyclic) bond motifs is 1. The molecule has 2 fully saturated rings. The van der Waals surface area contributed by atoms with E-state index in [1.165, 1.54) is 6.92 Å². The van der Waals surface area contributed by atoms with Gasteiger partial charge in [-0.05, 0) is 57.4 Å². The summed E-state index contributed by atoms with van der Waals surface area (Å²) < 4.78 is 5.50. The third-order valence-electron chi connectivity index (χ3n) is 5.81. The van der Waals surface area contributed by atoms with Gasteiger partial charge in [-0.2, -0.15) is 0 Å². The van der Waals surface area contributed by atoms with E-state index in [0.29, 0.717) is 19.3 Å². The zero-order valence-corrected chi connectivity index (χ0v) is 13.6. The van der Waals surface area contributed by atoms with Crippen LogP contribution in [0.15, 0.2) is 12.2 Å². The molecule has 2 aliphatic rings. The Bertz CT molecular complexity index is 450. The van der Waals surface area contributed by atoms with Gasteiger partial charge < -0.3 is 14.9 Å². The Morgan fingerprint density at radius 1 is 1.43 bits per heavy atom. The number of hydrogen-bond acceptors (Lipinski definition) is 4. The molecule has 0 amide bonds. The second-order valence-corrected chi connectivity index (χ2v) is 7.61. The van der Waals surface area contributed by atoms with Crippen LogP contribution in [0.2, 0.25) is 0 Å². The predicted molar refractivity (Wildman–Crippen MR) is 80.6 cm³/mol. The Morgan fingerprint density at radius 2 is 2.05 bits per heavy atom. The molecule has 0 saturated heterocycles. The lowest BCUT2D eigenvalue weighted by Gasteiger charge is -2.58. The van der Waals surface area contributed by atoms with Crippen LogP contribution in [0.25, 0.3) is 0 Å². The fraction of sp³-hybridized carbons (Fsp3) is 0.824. The highest BCUT2D eigenvalue weighted by Gasteiger charge is 2.60. The zero-order valence-electron chi connectivity index (χ0n) is 13.6. The highest BCUT2D eigenvalue weighted by molar-refractivity contribution is 5.66. The third kappa shape index (κ3) is 2.64. The molecule has 120 valence electrons. The van der Waals surface area contributed by atoms with E-state index in [4.69, 9.17) is 4.74 Å². The predicted octanol–water partition coefficient (Wildman–Crippen LogP) is 2.58. The van der Waals surface area contributed by atoms with E-state index >= 15 is 0 Å². The molecule has 0 heterocycles. The zero-order chi connectivity index (χ0) is 16.1. The summed E-state index contributed by atoms with van der Waals surface area (Å²) in [6.45, 7) is 11.1. The minimum absolute atomic E-state index is 0.0170. The second kappa shape index (κ2) is 5.10. The Labute approximate surface area is 127 Å². The highest BCUT2D eigenvalue weighted by Crippen LogP contribution is 2.58. The Kier molecular flexibility index (Phi) is 4.00. The van der Waals surface area contributed by atoms with Gasteiger partial charge in [-0.3, -0.25) is 4.79 Å². The molecule has 0 bridgehead atoms. The van der Waals surface area contributed by atoms with Gasteiger partial charge in [-0.1, -0.05) is 13.5 Å². The Balaban J connectivity index is 2.34. The number of esters is 1. The molecule has 21 heavy (non-hydrogen) atoms. The van der Waals surface area contributed by atoms with Gasteiger partial charge in [0, 0.05) is 12.3 Å². The van der Waals surface area contributed by atoms with Crippen molar-refractivity contribution in [1.29, 1.82) is 0 Å². The van der Waals surface area contributed by atoms with E-state index in [2.05, 4.69) is 6.58 Å². The van der Waals surface area contributed by atoms with Gasteiger partial charge in [-0.15, -0.1) is 0 Å². The number of aliphatic hydroxyl groups is 2. The van der Waals surface area contributed by atoms with Crippen LogP contribution in [0.1, 0.15) is 59.8 Å². The van der Waals surface area contributed by atoms with Crippen molar-refractivity contribution in [2.45, 2.75) is 77.1 Å². The van der Waals surface area contributed by atoms with Crippen LogP contribution in [0.5, 0.6) is 0 Å². The van der Waals surface area contributed by atoms with Gasteiger partial charge in [0.05, 0.1) is 11.2 Å². The molecule has 4 heteroatoms. The van der Waals surface area contributed by atoms with Gasteiger partial charge in [-0.25, -0.2) is 0 Å². The monoisotopic (exact) mass is 296 g/mol.